The van der Waals surface area contributed by atoms with Crippen LogP contribution in [0, 0.1) is 5.82 Å². The van der Waals surface area contributed by atoms with Crippen LogP contribution in [-0.2, 0) is 6.42 Å². The molecule has 2 atom stereocenters. The SMILES string of the molecule is CC(NC1CCc2c(F)cccc21)c1ncc(Br)cn1. The van der Waals surface area contributed by atoms with Crippen molar-refractivity contribution in [2.24, 2.45) is 0 Å². The second-order valence-electron chi connectivity index (χ2n) is 5.05. The maximum atomic E-state index is 13.7. The second kappa shape index (κ2) is 5.58. The van der Waals surface area contributed by atoms with Crippen LogP contribution < -0.4 is 5.32 Å². The van der Waals surface area contributed by atoms with E-state index in [1.807, 2.05) is 13.0 Å². The van der Waals surface area contributed by atoms with Crippen molar-refractivity contribution in [2.75, 3.05) is 0 Å². The van der Waals surface area contributed by atoms with Crippen LogP contribution in [0.4, 0.5) is 4.39 Å². The van der Waals surface area contributed by atoms with Gasteiger partial charge in [-0.15, -0.1) is 0 Å². The van der Waals surface area contributed by atoms with Gasteiger partial charge in [-0.2, -0.15) is 0 Å². The first-order chi connectivity index (χ1) is 9.65. The minimum absolute atomic E-state index is 0.0299. The number of fused-ring (bicyclic) bond motifs is 1. The van der Waals surface area contributed by atoms with Gasteiger partial charge in [0.15, 0.2) is 0 Å². The molecule has 0 radical (unpaired) electrons. The van der Waals surface area contributed by atoms with E-state index in [1.165, 1.54) is 6.07 Å². The van der Waals surface area contributed by atoms with Gasteiger partial charge < -0.3 is 5.32 Å². The van der Waals surface area contributed by atoms with Gasteiger partial charge in [0.2, 0.25) is 0 Å². The molecular formula is C15H15BrFN3. The van der Waals surface area contributed by atoms with Gasteiger partial charge in [-0.25, -0.2) is 14.4 Å². The largest absolute Gasteiger partial charge is 0.301 e. The fourth-order valence-corrected chi connectivity index (χ4v) is 2.91. The quantitative estimate of drug-likeness (QED) is 0.928. The Kier molecular flexibility index (Phi) is 3.81. The summed E-state index contributed by atoms with van der Waals surface area (Å²) < 4.78 is 14.6. The van der Waals surface area contributed by atoms with E-state index in [0.717, 1.165) is 34.3 Å². The van der Waals surface area contributed by atoms with Crippen LogP contribution in [0.5, 0.6) is 0 Å². The molecule has 0 saturated carbocycles. The molecule has 0 fully saturated rings. The van der Waals surface area contributed by atoms with Crippen molar-refractivity contribution in [3.05, 3.63) is 57.8 Å². The summed E-state index contributed by atoms with van der Waals surface area (Å²) in [4.78, 5) is 8.60. The van der Waals surface area contributed by atoms with Gasteiger partial charge in [0.05, 0.1) is 10.5 Å². The van der Waals surface area contributed by atoms with Crippen LogP contribution in [0.25, 0.3) is 0 Å². The summed E-state index contributed by atoms with van der Waals surface area (Å²) in [5, 5.41) is 3.49. The molecule has 3 rings (SSSR count). The Morgan fingerprint density at radius 1 is 1.35 bits per heavy atom. The van der Waals surface area contributed by atoms with Gasteiger partial charge in [0.1, 0.15) is 11.6 Å². The van der Waals surface area contributed by atoms with Gasteiger partial charge in [-0.1, -0.05) is 12.1 Å². The monoisotopic (exact) mass is 335 g/mol. The minimum atomic E-state index is -0.0978. The summed E-state index contributed by atoms with van der Waals surface area (Å²) >= 11 is 3.33. The van der Waals surface area contributed by atoms with Crippen molar-refractivity contribution in [1.82, 2.24) is 15.3 Å². The molecule has 1 aliphatic carbocycles. The summed E-state index contributed by atoms with van der Waals surface area (Å²) in [7, 11) is 0. The molecule has 1 aromatic heterocycles. The summed E-state index contributed by atoms with van der Waals surface area (Å²) in [5.74, 6) is 0.650. The van der Waals surface area contributed by atoms with E-state index in [-0.39, 0.29) is 17.9 Å². The Bertz CT molecular complexity index is 615. The highest BCUT2D eigenvalue weighted by Crippen LogP contribution is 2.34. The lowest BCUT2D eigenvalue weighted by Crippen LogP contribution is -2.24. The molecule has 3 nitrogen and oxygen atoms in total. The molecular weight excluding hydrogens is 321 g/mol. The van der Waals surface area contributed by atoms with Crippen LogP contribution in [-0.4, -0.2) is 9.97 Å². The van der Waals surface area contributed by atoms with E-state index in [1.54, 1.807) is 18.5 Å². The van der Waals surface area contributed by atoms with Crippen LogP contribution in [0.15, 0.2) is 35.1 Å². The van der Waals surface area contributed by atoms with E-state index in [4.69, 9.17) is 0 Å². The number of benzene rings is 1. The van der Waals surface area contributed by atoms with E-state index in [2.05, 4.69) is 31.2 Å². The number of aromatic nitrogens is 2. The molecule has 1 heterocycles. The molecule has 0 saturated heterocycles. The van der Waals surface area contributed by atoms with Crippen molar-refractivity contribution in [3.8, 4) is 0 Å². The first kappa shape index (κ1) is 13.6. The average molecular weight is 336 g/mol. The molecule has 2 unspecified atom stereocenters. The van der Waals surface area contributed by atoms with Crippen LogP contribution in [0.1, 0.15) is 42.4 Å². The van der Waals surface area contributed by atoms with E-state index in [9.17, 15) is 4.39 Å². The first-order valence-corrected chi connectivity index (χ1v) is 7.45. The summed E-state index contributed by atoms with van der Waals surface area (Å²) in [5.41, 5.74) is 1.91. The van der Waals surface area contributed by atoms with Gasteiger partial charge in [0.25, 0.3) is 0 Å². The highest BCUT2D eigenvalue weighted by Gasteiger charge is 2.26. The van der Waals surface area contributed by atoms with E-state index in [0.29, 0.717) is 0 Å². The maximum absolute atomic E-state index is 13.7. The highest BCUT2D eigenvalue weighted by molar-refractivity contribution is 9.10. The molecule has 0 bridgehead atoms. The summed E-state index contributed by atoms with van der Waals surface area (Å²) in [6.07, 6.45) is 5.18. The Balaban J connectivity index is 1.77. The lowest BCUT2D eigenvalue weighted by molar-refractivity contribution is 0.450. The number of nitrogens with zero attached hydrogens (tertiary/aromatic N) is 2. The van der Waals surface area contributed by atoms with Gasteiger partial charge in [0, 0.05) is 18.4 Å². The van der Waals surface area contributed by atoms with Gasteiger partial charge in [-0.05, 0) is 52.9 Å². The van der Waals surface area contributed by atoms with Crippen LogP contribution in [0.2, 0.25) is 0 Å². The third-order valence-electron chi connectivity index (χ3n) is 3.69. The fourth-order valence-electron chi connectivity index (χ4n) is 2.71. The average Bonchev–Trinajstić information content (AvgIpc) is 2.84. The summed E-state index contributed by atoms with van der Waals surface area (Å²) in [6.45, 7) is 2.03. The number of nitrogens with one attached hydrogen (secondary N) is 1. The summed E-state index contributed by atoms with van der Waals surface area (Å²) in [6, 6.07) is 5.50. The number of halogens is 2. The standard InChI is InChI=1S/C15H15BrFN3/c1-9(15-18-7-10(16)8-19-15)20-14-6-5-11-12(14)3-2-4-13(11)17/h2-4,7-9,14,20H,5-6H2,1H3. The van der Waals surface area contributed by atoms with Crippen molar-refractivity contribution >= 4 is 15.9 Å². The molecule has 0 amide bonds. The van der Waals surface area contributed by atoms with Crippen molar-refractivity contribution in [3.63, 3.8) is 0 Å². The molecule has 2 aromatic rings. The number of hydrogen-bond donors (Lipinski definition) is 1. The van der Waals surface area contributed by atoms with E-state index >= 15 is 0 Å². The van der Waals surface area contributed by atoms with Crippen LogP contribution in [0.3, 0.4) is 0 Å². The number of rotatable bonds is 3. The molecule has 104 valence electrons. The zero-order chi connectivity index (χ0) is 14.1. The zero-order valence-electron chi connectivity index (χ0n) is 11.1. The third kappa shape index (κ3) is 2.60. The lowest BCUT2D eigenvalue weighted by atomic mass is 10.1. The predicted molar refractivity (Wildman–Crippen MR) is 78.7 cm³/mol. The Morgan fingerprint density at radius 3 is 2.85 bits per heavy atom. The Morgan fingerprint density at radius 2 is 2.10 bits per heavy atom. The first-order valence-electron chi connectivity index (χ1n) is 6.66. The molecule has 0 spiro atoms. The third-order valence-corrected chi connectivity index (χ3v) is 4.10. The van der Waals surface area contributed by atoms with Crippen molar-refractivity contribution < 1.29 is 4.39 Å². The molecule has 1 N–H and O–H groups in total. The molecule has 1 aromatic carbocycles. The lowest BCUT2D eigenvalue weighted by Gasteiger charge is -2.19. The van der Waals surface area contributed by atoms with E-state index < -0.39 is 0 Å². The predicted octanol–water partition coefficient (Wildman–Crippen LogP) is 3.72. The number of hydrogen-bond acceptors (Lipinski definition) is 3. The minimum Gasteiger partial charge on any atom is -0.301 e. The van der Waals surface area contributed by atoms with Gasteiger partial charge in [-0.3, -0.25) is 0 Å². The topological polar surface area (TPSA) is 37.8 Å². The van der Waals surface area contributed by atoms with Crippen molar-refractivity contribution in [1.29, 1.82) is 0 Å². The maximum Gasteiger partial charge on any atom is 0.144 e. The molecule has 5 heteroatoms. The second-order valence-corrected chi connectivity index (χ2v) is 5.96. The Labute approximate surface area is 125 Å². The molecule has 0 aliphatic heterocycles. The van der Waals surface area contributed by atoms with Gasteiger partial charge >= 0.3 is 0 Å². The molecule has 1 aliphatic rings. The van der Waals surface area contributed by atoms with Crippen LogP contribution >= 0.6 is 15.9 Å². The highest BCUT2D eigenvalue weighted by atomic mass is 79.9. The fraction of sp³-hybridized carbons (Fsp3) is 0.333. The Hall–Kier alpha value is -1.33. The zero-order valence-corrected chi connectivity index (χ0v) is 12.7. The molecule has 20 heavy (non-hydrogen) atoms. The van der Waals surface area contributed by atoms with Crippen molar-refractivity contribution in [2.45, 2.75) is 31.8 Å². The smallest absolute Gasteiger partial charge is 0.144 e. The normalized spacial score (nSPS) is 18.9.